The van der Waals surface area contributed by atoms with Gasteiger partial charge in [-0.2, -0.15) is 0 Å². The van der Waals surface area contributed by atoms with Crippen molar-refractivity contribution in [3.63, 3.8) is 0 Å². The minimum Gasteiger partial charge on any atom is -0.378 e. The van der Waals surface area contributed by atoms with Crippen LogP contribution in [0.15, 0.2) is 30.6 Å². The Morgan fingerprint density at radius 2 is 1.86 bits per heavy atom. The van der Waals surface area contributed by atoms with Crippen molar-refractivity contribution < 1.29 is 9.53 Å². The maximum Gasteiger partial charge on any atom is 0.272 e. The normalized spacial score (nSPS) is 14.9. The Morgan fingerprint density at radius 1 is 1.09 bits per heavy atom. The van der Waals surface area contributed by atoms with Crippen LogP contribution in [0.1, 0.15) is 10.5 Å². The van der Waals surface area contributed by atoms with Crippen LogP contribution in [0.2, 0.25) is 10.0 Å². The smallest absolute Gasteiger partial charge is 0.272 e. The molecule has 1 aromatic heterocycles. The molecule has 0 saturated carbocycles. The molecule has 1 aliphatic heterocycles. The number of benzene rings is 1. The van der Waals surface area contributed by atoms with Crippen LogP contribution in [0.4, 0.5) is 0 Å². The molecule has 0 radical (unpaired) electrons. The van der Waals surface area contributed by atoms with Gasteiger partial charge in [-0.3, -0.25) is 4.79 Å². The van der Waals surface area contributed by atoms with Crippen LogP contribution >= 0.6 is 23.2 Å². The van der Waals surface area contributed by atoms with Gasteiger partial charge in [-0.15, -0.1) is 0 Å². The van der Waals surface area contributed by atoms with Gasteiger partial charge >= 0.3 is 0 Å². The van der Waals surface area contributed by atoms with Crippen LogP contribution in [0.5, 0.6) is 0 Å². The van der Waals surface area contributed by atoms with Crippen molar-refractivity contribution in [3.05, 3.63) is 46.3 Å². The van der Waals surface area contributed by atoms with Crippen LogP contribution in [0.25, 0.3) is 11.3 Å². The van der Waals surface area contributed by atoms with Crippen molar-refractivity contribution in [2.45, 2.75) is 0 Å². The van der Waals surface area contributed by atoms with Crippen molar-refractivity contribution in [2.75, 3.05) is 26.3 Å². The quantitative estimate of drug-likeness (QED) is 0.845. The molecule has 0 N–H and O–H groups in total. The van der Waals surface area contributed by atoms with E-state index in [1.54, 1.807) is 29.2 Å². The number of nitrogens with zero attached hydrogens (tertiary/aromatic N) is 3. The Labute approximate surface area is 137 Å². The van der Waals surface area contributed by atoms with Crippen LogP contribution in [0.3, 0.4) is 0 Å². The van der Waals surface area contributed by atoms with Crippen LogP contribution in [-0.4, -0.2) is 47.1 Å². The molecule has 0 atom stereocenters. The van der Waals surface area contributed by atoms with E-state index in [1.165, 1.54) is 6.33 Å². The van der Waals surface area contributed by atoms with E-state index in [2.05, 4.69) is 9.97 Å². The first kappa shape index (κ1) is 15.2. The fourth-order valence-corrected chi connectivity index (χ4v) is 2.51. The Balaban J connectivity index is 1.88. The number of carbonyl (C=O) groups is 1. The molecule has 7 heteroatoms. The molecule has 1 fully saturated rings. The van der Waals surface area contributed by atoms with Gasteiger partial charge in [-0.25, -0.2) is 9.97 Å². The first-order valence-corrected chi connectivity index (χ1v) is 7.55. The molecule has 1 aromatic carbocycles. The predicted molar refractivity (Wildman–Crippen MR) is 84.2 cm³/mol. The Morgan fingerprint density at radius 3 is 2.59 bits per heavy atom. The zero-order valence-electron chi connectivity index (χ0n) is 11.6. The van der Waals surface area contributed by atoms with E-state index in [9.17, 15) is 4.79 Å². The zero-order valence-corrected chi connectivity index (χ0v) is 13.1. The van der Waals surface area contributed by atoms with E-state index in [0.29, 0.717) is 47.7 Å². The molecule has 0 unspecified atom stereocenters. The van der Waals surface area contributed by atoms with E-state index in [-0.39, 0.29) is 5.91 Å². The highest BCUT2D eigenvalue weighted by molar-refractivity contribution is 6.42. The lowest BCUT2D eigenvalue weighted by molar-refractivity contribution is 0.0299. The second-order valence-electron chi connectivity index (χ2n) is 4.82. The van der Waals surface area contributed by atoms with Gasteiger partial charge in [0, 0.05) is 18.7 Å². The molecule has 2 aromatic rings. The summed E-state index contributed by atoms with van der Waals surface area (Å²) in [5.41, 5.74) is 1.77. The van der Waals surface area contributed by atoms with Gasteiger partial charge in [-0.1, -0.05) is 29.3 Å². The molecule has 1 aliphatic rings. The van der Waals surface area contributed by atoms with Crippen molar-refractivity contribution in [3.8, 4) is 11.3 Å². The van der Waals surface area contributed by atoms with Gasteiger partial charge in [0.25, 0.3) is 5.91 Å². The van der Waals surface area contributed by atoms with Crippen molar-refractivity contribution in [1.29, 1.82) is 0 Å². The molecule has 1 saturated heterocycles. The molecule has 114 valence electrons. The summed E-state index contributed by atoms with van der Waals surface area (Å²) in [4.78, 5) is 22.4. The molecule has 5 nitrogen and oxygen atoms in total. The minimum absolute atomic E-state index is 0.119. The van der Waals surface area contributed by atoms with Gasteiger partial charge < -0.3 is 9.64 Å². The van der Waals surface area contributed by atoms with Gasteiger partial charge in [0.1, 0.15) is 12.0 Å². The first-order chi connectivity index (χ1) is 10.6. The van der Waals surface area contributed by atoms with E-state index >= 15 is 0 Å². The fraction of sp³-hybridized carbons (Fsp3) is 0.267. The second-order valence-corrected chi connectivity index (χ2v) is 5.64. The summed E-state index contributed by atoms with van der Waals surface area (Å²) in [6.45, 7) is 2.25. The molecular formula is C15H13Cl2N3O2. The molecule has 2 heterocycles. The molecule has 0 aliphatic carbocycles. The number of morpholine rings is 1. The monoisotopic (exact) mass is 337 g/mol. The minimum atomic E-state index is -0.119. The number of ether oxygens (including phenoxy) is 1. The van der Waals surface area contributed by atoms with Gasteiger partial charge in [0.05, 0.1) is 29.0 Å². The summed E-state index contributed by atoms with van der Waals surface area (Å²) in [7, 11) is 0. The number of aromatic nitrogens is 2. The summed E-state index contributed by atoms with van der Waals surface area (Å²) < 4.78 is 5.25. The van der Waals surface area contributed by atoms with E-state index in [4.69, 9.17) is 27.9 Å². The van der Waals surface area contributed by atoms with Crippen LogP contribution in [0, 0.1) is 0 Å². The van der Waals surface area contributed by atoms with E-state index < -0.39 is 0 Å². The van der Waals surface area contributed by atoms with Gasteiger partial charge in [0.2, 0.25) is 0 Å². The average Bonchev–Trinajstić information content (AvgIpc) is 2.57. The number of hydrogen-bond donors (Lipinski definition) is 0. The lowest BCUT2D eigenvalue weighted by atomic mass is 10.1. The highest BCUT2D eigenvalue weighted by Gasteiger charge is 2.20. The number of hydrogen-bond acceptors (Lipinski definition) is 4. The predicted octanol–water partition coefficient (Wildman–Crippen LogP) is 2.92. The lowest BCUT2D eigenvalue weighted by Crippen LogP contribution is -2.41. The van der Waals surface area contributed by atoms with E-state index in [1.807, 2.05) is 0 Å². The molecule has 0 bridgehead atoms. The van der Waals surface area contributed by atoms with Crippen molar-refractivity contribution in [2.24, 2.45) is 0 Å². The molecule has 0 spiro atoms. The summed E-state index contributed by atoms with van der Waals surface area (Å²) in [6.07, 6.45) is 1.38. The fourth-order valence-electron chi connectivity index (χ4n) is 2.22. The van der Waals surface area contributed by atoms with E-state index in [0.717, 1.165) is 5.56 Å². The third-order valence-electron chi connectivity index (χ3n) is 3.40. The van der Waals surface area contributed by atoms with Gasteiger partial charge in [0.15, 0.2) is 0 Å². The van der Waals surface area contributed by atoms with Crippen molar-refractivity contribution >= 4 is 29.1 Å². The summed E-state index contributed by atoms with van der Waals surface area (Å²) in [5.74, 6) is -0.119. The zero-order chi connectivity index (χ0) is 15.5. The van der Waals surface area contributed by atoms with Crippen LogP contribution < -0.4 is 0 Å². The summed E-state index contributed by atoms with van der Waals surface area (Å²) in [6, 6.07) is 6.89. The number of rotatable bonds is 2. The van der Waals surface area contributed by atoms with Gasteiger partial charge in [-0.05, 0) is 18.2 Å². The maximum atomic E-state index is 12.4. The standard InChI is InChI=1S/C15H13Cl2N3O2/c16-11-2-1-10(7-12(11)17)13-8-14(19-9-18-13)15(21)20-3-5-22-6-4-20/h1-2,7-9H,3-6H2. The van der Waals surface area contributed by atoms with Crippen molar-refractivity contribution in [1.82, 2.24) is 14.9 Å². The SMILES string of the molecule is O=C(c1cc(-c2ccc(Cl)c(Cl)c2)ncn1)N1CCOCC1. The summed E-state index contributed by atoms with van der Waals surface area (Å²) in [5, 5.41) is 0.919. The first-order valence-electron chi connectivity index (χ1n) is 6.79. The molecular weight excluding hydrogens is 325 g/mol. The Hall–Kier alpha value is -1.69. The molecule has 3 rings (SSSR count). The third kappa shape index (κ3) is 3.21. The highest BCUT2D eigenvalue weighted by atomic mass is 35.5. The third-order valence-corrected chi connectivity index (χ3v) is 4.14. The topological polar surface area (TPSA) is 55.3 Å². The number of halogens is 2. The average molecular weight is 338 g/mol. The Kier molecular flexibility index (Phi) is 4.57. The Bertz CT molecular complexity index is 703. The molecule has 22 heavy (non-hydrogen) atoms. The highest BCUT2D eigenvalue weighted by Crippen LogP contribution is 2.27. The number of carbonyl (C=O) groups excluding carboxylic acids is 1. The lowest BCUT2D eigenvalue weighted by Gasteiger charge is -2.26. The summed E-state index contributed by atoms with van der Waals surface area (Å²) >= 11 is 11.9. The van der Waals surface area contributed by atoms with Crippen LogP contribution in [-0.2, 0) is 4.74 Å². The number of amides is 1. The maximum absolute atomic E-state index is 12.4. The molecule has 1 amide bonds. The largest absolute Gasteiger partial charge is 0.378 e. The second kappa shape index (κ2) is 6.60.